The highest BCUT2D eigenvalue weighted by Crippen LogP contribution is 2.27. The van der Waals surface area contributed by atoms with E-state index in [0.29, 0.717) is 24.7 Å². The molecule has 1 unspecified atom stereocenters. The summed E-state index contributed by atoms with van der Waals surface area (Å²) in [5.74, 6) is 0.551. The van der Waals surface area contributed by atoms with Crippen LogP contribution in [0.1, 0.15) is 47.5 Å². The van der Waals surface area contributed by atoms with Gasteiger partial charge < -0.3 is 5.32 Å². The van der Waals surface area contributed by atoms with E-state index in [9.17, 15) is 13.2 Å². The average molecular weight is 462 g/mol. The fraction of sp³-hybridized carbons (Fsp3) is 0.286. The first-order valence-corrected chi connectivity index (χ1v) is 11.6. The Morgan fingerprint density at radius 2 is 1.84 bits per heavy atom. The van der Waals surface area contributed by atoms with E-state index in [1.165, 1.54) is 22.5 Å². The molecule has 164 valence electrons. The number of aryl methyl sites for hydroxylation is 1. The third kappa shape index (κ3) is 4.95. The van der Waals surface area contributed by atoms with Crippen LogP contribution in [-0.4, -0.2) is 46.9 Å². The Morgan fingerprint density at radius 3 is 2.42 bits per heavy atom. The van der Waals surface area contributed by atoms with Crippen LogP contribution in [0.15, 0.2) is 53.4 Å². The zero-order chi connectivity index (χ0) is 22.6. The summed E-state index contributed by atoms with van der Waals surface area (Å²) in [7, 11) is -3.83. The predicted octanol–water partition coefficient (Wildman–Crippen LogP) is 3.32. The van der Waals surface area contributed by atoms with Crippen LogP contribution >= 0.6 is 11.6 Å². The maximum atomic E-state index is 13.1. The largest absolute Gasteiger partial charge is 0.338 e. The van der Waals surface area contributed by atoms with Crippen molar-refractivity contribution in [3.63, 3.8) is 0 Å². The van der Waals surface area contributed by atoms with Crippen molar-refractivity contribution in [2.24, 2.45) is 0 Å². The van der Waals surface area contributed by atoms with Crippen LogP contribution in [0, 0.1) is 6.92 Å². The summed E-state index contributed by atoms with van der Waals surface area (Å²) < 4.78 is 27.2. The van der Waals surface area contributed by atoms with Gasteiger partial charge in [-0.3, -0.25) is 9.89 Å². The molecule has 0 saturated heterocycles. The molecule has 1 atom stereocenters. The van der Waals surface area contributed by atoms with Crippen LogP contribution in [0.5, 0.6) is 0 Å². The molecule has 10 heteroatoms. The average Bonchev–Trinajstić information content (AvgIpc) is 3.19. The first-order chi connectivity index (χ1) is 14.8. The van der Waals surface area contributed by atoms with Gasteiger partial charge in [-0.15, -0.1) is 0 Å². The normalized spacial score (nSPS) is 12.7. The number of nitrogens with zero attached hydrogens (tertiary/aromatic N) is 3. The van der Waals surface area contributed by atoms with Gasteiger partial charge in [-0.1, -0.05) is 55.8 Å². The van der Waals surface area contributed by atoms with Crippen molar-refractivity contribution in [2.75, 3.05) is 13.1 Å². The lowest BCUT2D eigenvalue weighted by Gasteiger charge is -2.20. The van der Waals surface area contributed by atoms with Crippen molar-refractivity contribution in [2.45, 2.75) is 31.7 Å². The molecule has 31 heavy (non-hydrogen) atoms. The quantitative estimate of drug-likeness (QED) is 0.535. The molecular weight excluding hydrogens is 438 g/mol. The predicted molar refractivity (Wildman–Crippen MR) is 118 cm³/mol. The van der Waals surface area contributed by atoms with Gasteiger partial charge in [0.25, 0.3) is 5.91 Å². The molecule has 0 aliphatic carbocycles. The van der Waals surface area contributed by atoms with Crippen LogP contribution in [0.2, 0.25) is 5.02 Å². The van der Waals surface area contributed by atoms with Crippen molar-refractivity contribution in [3.8, 4) is 0 Å². The molecule has 0 spiro atoms. The molecule has 2 aromatic carbocycles. The number of hydrogen-bond donors (Lipinski definition) is 2. The van der Waals surface area contributed by atoms with E-state index in [2.05, 4.69) is 20.5 Å². The van der Waals surface area contributed by atoms with Crippen LogP contribution < -0.4 is 5.32 Å². The zero-order valence-electron chi connectivity index (χ0n) is 17.5. The molecule has 0 fully saturated rings. The monoisotopic (exact) mass is 461 g/mol. The fourth-order valence-electron chi connectivity index (χ4n) is 3.19. The molecular formula is C21H24ClN5O3S. The van der Waals surface area contributed by atoms with Gasteiger partial charge in [-0.2, -0.15) is 9.40 Å². The number of carbonyl (C=O) groups excluding carboxylic acids is 1. The van der Waals surface area contributed by atoms with E-state index in [-0.39, 0.29) is 15.5 Å². The zero-order valence-corrected chi connectivity index (χ0v) is 19.0. The number of benzene rings is 2. The second-order valence-electron chi connectivity index (χ2n) is 6.83. The van der Waals surface area contributed by atoms with Gasteiger partial charge in [0.2, 0.25) is 10.0 Å². The Morgan fingerprint density at radius 1 is 1.16 bits per heavy atom. The summed E-state index contributed by atoms with van der Waals surface area (Å²) in [6.45, 7) is 5.85. The number of amides is 1. The van der Waals surface area contributed by atoms with Crippen LogP contribution in [-0.2, 0) is 10.0 Å². The summed E-state index contributed by atoms with van der Waals surface area (Å²) in [5.41, 5.74) is 0.961. The van der Waals surface area contributed by atoms with E-state index in [1.54, 1.807) is 20.8 Å². The van der Waals surface area contributed by atoms with Crippen molar-refractivity contribution < 1.29 is 13.2 Å². The van der Waals surface area contributed by atoms with E-state index < -0.39 is 22.0 Å². The van der Waals surface area contributed by atoms with Gasteiger partial charge in [0.1, 0.15) is 16.8 Å². The topological polar surface area (TPSA) is 108 Å². The van der Waals surface area contributed by atoms with Gasteiger partial charge >= 0.3 is 0 Å². The highest BCUT2D eigenvalue weighted by molar-refractivity contribution is 7.89. The van der Waals surface area contributed by atoms with E-state index in [4.69, 9.17) is 11.6 Å². The number of sulfonamides is 1. The molecule has 3 rings (SSSR count). The molecule has 0 aliphatic heterocycles. The summed E-state index contributed by atoms with van der Waals surface area (Å²) in [5, 5.41) is 9.92. The maximum absolute atomic E-state index is 13.1. The van der Waals surface area contributed by atoms with E-state index in [0.717, 1.165) is 5.56 Å². The molecule has 3 aromatic rings. The van der Waals surface area contributed by atoms with Crippen molar-refractivity contribution >= 4 is 27.5 Å². The van der Waals surface area contributed by atoms with Gasteiger partial charge in [-0.05, 0) is 30.7 Å². The first-order valence-electron chi connectivity index (χ1n) is 9.82. The minimum atomic E-state index is -3.83. The van der Waals surface area contributed by atoms with Crippen LogP contribution in [0.3, 0.4) is 0 Å². The SMILES string of the molecule is CCN(CC)S(=O)(=O)c1cc(C(=O)NC(c2ccccc2)c2n[nH]c(C)n2)ccc1Cl. The molecule has 2 N–H and O–H groups in total. The minimum Gasteiger partial charge on any atom is -0.338 e. The Labute approximate surface area is 186 Å². The van der Waals surface area contributed by atoms with Gasteiger partial charge in [-0.25, -0.2) is 13.4 Å². The highest BCUT2D eigenvalue weighted by Gasteiger charge is 2.27. The van der Waals surface area contributed by atoms with Crippen LogP contribution in [0.25, 0.3) is 0 Å². The molecule has 1 aromatic heterocycles. The highest BCUT2D eigenvalue weighted by atomic mass is 35.5. The van der Waals surface area contributed by atoms with Gasteiger partial charge in [0, 0.05) is 18.7 Å². The van der Waals surface area contributed by atoms with Crippen molar-refractivity contribution in [1.29, 1.82) is 0 Å². The number of aromatic nitrogens is 3. The third-order valence-corrected chi connectivity index (χ3v) is 7.33. The van der Waals surface area contributed by atoms with E-state index >= 15 is 0 Å². The molecule has 0 radical (unpaired) electrons. The lowest BCUT2D eigenvalue weighted by molar-refractivity contribution is 0.0941. The first kappa shape index (κ1) is 22.9. The lowest BCUT2D eigenvalue weighted by Crippen LogP contribution is -2.32. The maximum Gasteiger partial charge on any atom is 0.252 e. The molecule has 8 nitrogen and oxygen atoms in total. The summed E-state index contributed by atoms with van der Waals surface area (Å²) >= 11 is 6.18. The number of rotatable bonds is 8. The van der Waals surface area contributed by atoms with Crippen molar-refractivity contribution in [1.82, 2.24) is 24.8 Å². The number of hydrogen-bond acceptors (Lipinski definition) is 5. The second kappa shape index (κ2) is 9.59. The molecule has 0 saturated carbocycles. The molecule has 1 amide bonds. The number of aromatic amines is 1. The van der Waals surface area contributed by atoms with Crippen LogP contribution in [0.4, 0.5) is 0 Å². The Bertz CT molecular complexity index is 1160. The van der Waals surface area contributed by atoms with E-state index in [1.807, 2.05) is 30.3 Å². The smallest absolute Gasteiger partial charge is 0.252 e. The minimum absolute atomic E-state index is 0.0626. The van der Waals surface area contributed by atoms with Crippen molar-refractivity contribution in [3.05, 3.63) is 76.3 Å². The number of carbonyl (C=O) groups is 1. The lowest BCUT2D eigenvalue weighted by atomic mass is 10.1. The third-order valence-electron chi connectivity index (χ3n) is 4.80. The fourth-order valence-corrected chi connectivity index (χ4v) is 5.15. The molecule has 1 heterocycles. The molecule has 0 aliphatic rings. The van der Waals surface area contributed by atoms with Gasteiger partial charge in [0.05, 0.1) is 5.02 Å². The summed E-state index contributed by atoms with van der Waals surface area (Å²) in [6, 6.07) is 12.9. The Kier molecular flexibility index (Phi) is 7.09. The second-order valence-corrected chi connectivity index (χ2v) is 9.14. The number of nitrogens with one attached hydrogen (secondary N) is 2. The number of halogens is 1. The van der Waals surface area contributed by atoms with Gasteiger partial charge in [0.15, 0.2) is 5.82 Å². The number of H-pyrrole nitrogens is 1. The summed E-state index contributed by atoms with van der Waals surface area (Å²) in [4.78, 5) is 17.3. The summed E-state index contributed by atoms with van der Waals surface area (Å²) in [6.07, 6.45) is 0. The standard InChI is InChI=1S/C21H24ClN5O3S/c1-4-27(5-2)31(29,30)18-13-16(11-12-17(18)22)21(28)24-19(15-9-7-6-8-10-15)20-23-14(3)25-26-20/h6-13,19H,4-5H2,1-3H3,(H,24,28)(H,23,25,26). The Hall–Kier alpha value is -2.75. The molecule has 0 bridgehead atoms. The Balaban J connectivity index is 1.96.